The van der Waals surface area contributed by atoms with Crippen LogP contribution in [0.5, 0.6) is 0 Å². The van der Waals surface area contributed by atoms with Crippen LogP contribution in [-0.4, -0.2) is 48.1 Å². The van der Waals surface area contributed by atoms with Gasteiger partial charge < -0.3 is 4.90 Å². The summed E-state index contributed by atoms with van der Waals surface area (Å²) in [4.78, 5) is 18.4. The molecule has 2 aliphatic rings. The van der Waals surface area contributed by atoms with Gasteiger partial charge in [-0.25, -0.2) is 8.42 Å². The van der Waals surface area contributed by atoms with Gasteiger partial charge in [0.25, 0.3) is 5.91 Å². The van der Waals surface area contributed by atoms with Crippen molar-refractivity contribution in [2.45, 2.75) is 31.0 Å². The van der Waals surface area contributed by atoms with Crippen LogP contribution >= 0.6 is 0 Å². The van der Waals surface area contributed by atoms with E-state index in [1.54, 1.807) is 24.0 Å². The first-order chi connectivity index (χ1) is 13.5. The summed E-state index contributed by atoms with van der Waals surface area (Å²) in [5, 5.41) is 0. The lowest BCUT2D eigenvalue weighted by Crippen LogP contribution is -2.49. The van der Waals surface area contributed by atoms with Crippen LogP contribution in [0.4, 0.5) is 13.2 Å². The number of hydrogen-bond donors (Lipinski definition) is 0. The Labute approximate surface area is 166 Å². The quantitative estimate of drug-likeness (QED) is 0.742. The molecule has 1 saturated heterocycles. The Balaban J connectivity index is 1.67. The summed E-state index contributed by atoms with van der Waals surface area (Å²) in [6.07, 6.45) is -4.55. The van der Waals surface area contributed by atoms with E-state index in [-0.39, 0.29) is 36.0 Å². The predicted octanol–water partition coefficient (Wildman–Crippen LogP) is 2.92. The Bertz CT molecular complexity index is 1120. The van der Waals surface area contributed by atoms with Crippen LogP contribution in [-0.2, 0) is 16.2 Å². The minimum Gasteiger partial charge on any atom is -0.327 e. The van der Waals surface area contributed by atoms with Gasteiger partial charge in [-0.05, 0) is 49.7 Å². The van der Waals surface area contributed by atoms with Crippen LogP contribution in [0.3, 0.4) is 0 Å². The highest BCUT2D eigenvalue weighted by Crippen LogP contribution is 2.37. The summed E-state index contributed by atoms with van der Waals surface area (Å²) in [6, 6.07) is 5.52. The maximum absolute atomic E-state index is 13.1. The average Bonchev–Trinajstić information content (AvgIpc) is 2.92. The molecule has 10 heteroatoms. The summed E-state index contributed by atoms with van der Waals surface area (Å²) in [6.45, 7) is 3.40. The standard InChI is InChI=1S/C19H18F3N3O3S/c1-11-9-13(19(20,21)22)4-6-16(11)29(27,28)24-7-8-25-15(10-24)17-14(18(25)26)5-3-12(2)23-17/h3-6,9,15H,7-8,10H2,1-2H3. The fraction of sp³-hybridized carbons (Fsp3) is 0.368. The molecule has 1 aromatic carbocycles. The van der Waals surface area contributed by atoms with Gasteiger partial charge in [-0.1, -0.05) is 0 Å². The molecule has 0 saturated carbocycles. The van der Waals surface area contributed by atoms with E-state index in [1.165, 1.54) is 11.2 Å². The maximum Gasteiger partial charge on any atom is 0.416 e. The number of halogens is 3. The molecular formula is C19H18F3N3O3S. The highest BCUT2D eigenvalue weighted by molar-refractivity contribution is 7.89. The predicted molar refractivity (Wildman–Crippen MR) is 97.7 cm³/mol. The summed E-state index contributed by atoms with van der Waals surface area (Å²) in [7, 11) is -4.02. The molecule has 1 atom stereocenters. The summed E-state index contributed by atoms with van der Waals surface area (Å²) >= 11 is 0. The molecule has 0 N–H and O–H groups in total. The molecular weight excluding hydrogens is 407 g/mol. The zero-order valence-corrected chi connectivity index (χ0v) is 16.5. The van der Waals surface area contributed by atoms with E-state index < -0.39 is 27.8 Å². The van der Waals surface area contributed by atoms with Gasteiger partial charge >= 0.3 is 6.18 Å². The number of fused-ring (bicyclic) bond motifs is 3. The number of rotatable bonds is 2. The van der Waals surface area contributed by atoms with Gasteiger partial charge in [0.2, 0.25) is 10.0 Å². The molecule has 4 rings (SSSR count). The molecule has 1 unspecified atom stereocenters. The lowest BCUT2D eigenvalue weighted by molar-refractivity contribution is -0.137. The smallest absolute Gasteiger partial charge is 0.327 e. The second-order valence-electron chi connectivity index (χ2n) is 7.24. The molecule has 0 radical (unpaired) electrons. The number of benzene rings is 1. The Morgan fingerprint density at radius 3 is 2.48 bits per heavy atom. The van der Waals surface area contributed by atoms with Gasteiger partial charge in [0.15, 0.2) is 0 Å². The number of carbonyl (C=O) groups is 1. The second kappa shape index (κ2) is 6.53. The number of sulfonamides is 1. The third kappa shape index (κ3) is 3.20. The topological polar surface area (TPSA) is 70.6 Å². The monoisotopic (exact) mass is 425 g/mol. The summed E-state index contributed by atoms with van der Waals surface area (Å²) < 4.78 is 66.2. The van der Waals surface area contributed by atoms with Crippen LogP contribution in [0.2, 0.25) is 0 Å². The molecule has 1 aromatic heterocycles. The number of nitrogens with zero attached hydrogens (tertiary/aromatic N) is 3. The van der Waals surface area contributed by atoms with Crippen molar-refractivity contribution in [3.8, 4) is 0 Å². The molecule has 1 amide bonds. The maximum atomic E-state index is 13.1. The Morgan fingerprint density at radius 2 is 1.83 bits per heavy atom. The molecule has 154 valence electrons. The summed E-state index contributed by atoms with van der Waals surface area (Å²) in [5.74, 6) is -0.180. The molecule has 6 nitrogen and oxygen atoms in total. The van der Waals surface area contributed by atoms with E-state index in [1.807, 2.05) is 0 Å². The van der Waals surface area contributed by atoms with E-state index in [0.29, 0.717) is 11.3 Å². The SMILES string of the molecule is Cc1ccc2c(n1)C1CN(S(=O)(=O)c3ccc(C(F)(F)F)cc3C)CCN1C2=O. The van der Waals surface area contributed by atoms with Crippen LogP contribution in [0, 0.1) is 13.8 Å². The second-order valence-corrected chi connectivity index (χ2v) is 9.15. The van der Waals surface area contributed by atoms with Gasteiger partial charge in [0.05, 0.1) is 27.8 Å². The van der Waals surface area contributed by atoms with E-state index in [2.05, 4.69) is 4.98 Å². The van der Waals surface area contributed by atoms with Crippen molar-refractivity contribution in [1.29, 1.82) is 0 Å². The fourth-order valence-corrected chi connectivity index (χ4v) is 5.52. The molecule has 0 bridgehead atoms. The molecule has 3 heterocycles. The number of aromatic nitrogens is 1. The molecule has 0 spiro atoms. The van der Waals surface area contributed by atoms with Gasteiger partial charge in [0.1, 0.15) is 0 Å². The number of piperazine rings is 1. The van der Waals surface area contributed by atoms with Crippen LogP contribution in [0.15, 0.2) is 35.2 Å². The lowest BCUT2D eigenvalue weighted by atomic mass is 10.1. The van der Waals surface area contributed by atoms with Crippen molar-refractivity contribution < 1.29 is 26.4 Å². The molecule has 2 aliphatic heterocycles. The van der Waals surface area contributed by atoms with Crippen molar-refractivity contribution in [3.05, 3.63) is 58.4 Å². The van der Waals surface area contributed by atoms with Crippen LogP contribution < -0.4 is 0 Å². The minimum absolute atomic E-state index is 0.0119. The van der Waals surface area contributed by atoms with Gasteiger partial charge in [-0.3, -0.25) is 9.78 Å². The molecule has 29 heavy (non-hydrogen) atoms. The number of amides is 1. The van der Waals surface area contributed by atoms with E-state index in [4.69, 9.17) is 0 Å². The van der Waals surface area contributed by atoms with Crippen LogP contribution in [0.25, 0.3) is 0 Å². The zero-order valence-electron chi connectivity index (χ0n) is 15.7. The number of alkyl halides is 3. The zero-order chi connectivity index (χ0) is 21.1. The number of hydrogen-bond acceptors (Lipinski definition) is 4. The highest BCUT2D eigenvalue weighted by Gasteiger charge is 2.44. The molecule has 1 fully saturated rings. The first-order valence-electron chi connectivity index (χ1n) is 8.96. The van der Waals surface area contributed by atoms with Crippen molar-refractivity contribution in [1.82, 2.24) is 14.2 Å². The fourth-order valence-electron chi connectivity index (χ4n) is 3.87. The lowest BCUT2D eigenvalue weighted by Gasteiger charge is -2.36. The van der Waals surface area contributed by atoms with Gasteiger partial charge in [0, 0.05) is 25.3 Å². The van der Waals surface area contributed by atoms with Crippen LogP contribution in [0.1, 0.15) is 38.9 Å². The van der Waals surface area contributed by atoms with Crippen molar-refractivity contribution in [2.75, 3.05) is 19.6 Å². The first kappa shape index (κ1) is 19.8. The van der Waals surface area contributed by atoms with Gasteiger partial charge in [-0.2, -0.15) is 17.5 Å². The van der Waals surface area contributed by atoms with Crippen molar-refractivity contribution in [3.63, 3.8) is 0 Å². The Kier molecular flexibility index (Phi) is 4.47. The van der Waals surface area contributed by atoms with Gasteiger partial charge in [-0.15, -0.1) is 0 Å². The summed E-state index contributed by atoms with van der Waals surface area (Å²) in [5.41, 5.74) is 0.856. The van der Waals surface area contributed by atoms with E-state index >= 15 is 0 Å². The van der Waals surface area contributed by atoms with Crippen molar-refractivity contribution in [2.24, 2.45) is 0 Å². The largest absolute Gasteiger partial charge is 0.416 e. The van der Waals surface area contributed by atoms with E-state index in [0.717, 1.165) is 23.9 Å². The number of carbonyl (C=O) groups excluding carboxylic acids is 1. The third-order valence-corrected chi connectivity index (χ3v) is 7.36. The first-order valence-corrected chi connectivity index (χ1v) is 10.4. The third-order valence-electron chi connectivity index (χ3n) is 5.33. The highest BCUT2D eigenvalue weighted by atomic mass is 32.2. The molecule has 0 aliphatic carbocycles. The van der Waals surface area contributed by atoms with E-state index in [9.17, 15) is 26.4 Å². The minimum atomic E-state index is -4.55. The molecule has 2 aromatic rings. The van der Waals surface area contributed by atoms with Crippen molar-refractivity contribution >= 4 is 15.9 Å². The Morgan fingerprint density at radius 1 is 1.10 bits per heavy atom. The average molecular weight is 425 g/mol. The Hall–Kier alpha value is -2.46. The normalized spacial score (nSPS) is 20.0. The number of aryl methyl sites for hydroxylation is 2. The number of pyridine rings is 1.